The number of fused-ring (bicyclic) bond motifs is 1. The number of nitrogens with zero attached hydrogens (tertiary/aromatic N) is 2. The van der Waals surface area contributed by atoms with E-state index in [-0.39, 0.29) is 18.4 Å². The number of likely N-dealkylation sites (tertiary alicyclic amines) is 1. The molecule has 2 aliphatic rings. The summed E-state index contributed by atoms with van der Waals surface area (Å²) in [6.45, 7) is 0.225. The molecule has 0 radical (unpaired) electrons. The molecule has 2 aliphatic heterocycles. The average molecular weight is 493 g/mol. The molecule has 3 aromatic carbocycles. The van der Waals surface area contributed by atoms with Crippen LogP contribution in [0.2, 0.25) is 0 Å². The van der Waals surface area contributed by atoms with Crippen LogP contribution in [0.15, 0.2) is 83.3 Å². The molecule has 32 heavy (non-hydrogen) atoms. The Morgan fingerprint density at radius 2 is 1.62 bits per heavy atom. The number of rotatable bonds is 5. The van der Waals surface area contributed by atoms with Crippen LogP contribution < -0.4 is 9.80 Å². The third-order valence-electron chi connectivity index (χ3n) is 5.91. The Bertz CT molecular complexity index is 1160. The van der Waals surface area contributed by atoms with E-state index in [0.717, 1.165) is 21.3 Å². The van der Waals surface area contributed by atoms with Crippen LogP contribution >= 0.6 is 15.9 Å². The molecule has 0 aliphatic carbocycles. The first kappa shape index (κ1) is 20.7. The van der Waals surface area contributed by atoms with Gasteiger partial charge in [0.2, 0.25) is 5.91 Å². The Hall–Kier alpha value is -3.16. The van der Waals surface area contributed by atoms with E-state index in [1.165, 1.54) is 4.90 Å². The topological polar surface area (TPSA) is 59.1 Å². The summed E-state index contributed by atoms with van der Waals surface area (Å²) in [5, 5.41) is 1.68. The number of hydroxylamine groups is 1. The van der Waals surface area contributed by atoms with Gasteiger partial charge >= 0.3 is 0 Å². The Balaban J connectivity index is 1.58. The van der Waals surface area contributed by atoms with Crippen molar-refractivity contribution in [1.82, 2.24) is 4.90 Å². The van der Waals surface area contributed by atoms with Crippen molar-refractivity contribution >= 4 is 33.4 Å². The number of ether oxygens (including phenoxy) is 1. The lowest BCUT2D eigenvalue weighted by Gasteiger charge is -2.29. The number of benzene rings is 3. The SMILES string of the molecule is COc1ccc(Br)cc1[C@H]1[C@@H]2C(=O)N(Cc3ccccc3)C(=O)[C@H]2ON1c1ccccc1. The van der Waals surface area contributed by atoms with Crippen molar-refractivity contribution in [3.05, 3.63) is 94.5 Å². The van der Waals surface area contributed by atoms with Crippen LogP contribution in [0.1, 0.15) is 17.2 Å². The van der Waals surface area contributed by atoms with E-state index < -0.39 is 18.1 Å². The van der Waals surface area contributed by atoms with E-state index >= 15 is 0 Å². The molecule has 2 fully saturated rings. The van der Waals surface area contributed by atoms with Crippen molar-refractivity contribution < 1.29 is 19.2 Å². The molecular formula is C25H21BrN2O4. The predicted molar refractivity (Wildman–Crippen MR) is 123 cm³/mol. The fraction of sp³-hybridized carbons (Fsp3) is 0.200. The number of hydrogen-bond acceptors (Lipinski definition) is 5. The zero-order chi connectivity index (χ0) is 22.2. The van der Waals surface area contributed by atoms with Gasteiger partial charge in [-0.3, -0.25) is 19.3 Å². The average Bonchev–Trinajstić information content (AvgIpc) is 3.32. The van der Waals surface area contributed by atoms with Crippen LogP contribution in [0.3, 0.4) is 0 Å². The van der Waals surface area contributed by atoms with Gasteiger partial charge in [0.15, 0.2) is 6.10 Å². The van der Waals surface area contributed by atoms with Crippen LogP contribution in [-0.4, -0.2) is 29.9 Å². The number of anilines is 1. The summed E-state index contributed by atoms with van der Waals surface area (Å²) in [4.78, 5) is 34.4. The molecular weight excluding hydrogens is 472 g/mol. The van der Waals surface area contributed by atoms with Gasteiger partial charge in [-0.1, -0.05) is 64.5 Å². The minimum absolute atomic E-state index is 0.225. The Kier molecular flexibility index (Phi) is 5.45. The highest BCUT2D eigenvalue weighted by molar-refractivity contribution is 9.10. The quantitative estimate of drug-likeness (QED) is 0.490. The van der Waals surface area contributed by atoms with Gasteiger partial charge in [-0.2, -0.15) is 0 Å². The van der Waals surface area contributed by atoms with Crippen molar-refractivity contribution in [2.45, 2.75) is 18.7 Å². The predicted octanol–water partition coefficient (Wildman–Crippen LogP) is 4.50. The Morgan fingerprint density at radius 3 is 2.31 bits per heavy atom. The number of carbonyl (C=O) groups is 2. The lowest BCUT2D eigenvalue weighted by molar-refractivity contribution is -0.143. The lowest BCUT2D eigenvalue weighted by atomic mass is 9.90. The summed E-state index contributed by atoms with van der Waals surface area (Å²) < 4.78 is 6.47. The molecule has 5 rings (SSSR count). The molecule has 3 atom stereocenters. The van der Waals surface area contributed by atoms with Gasteiger partial charge in [-0.15, -0.1) is 0 Å². The van der Waals surface area contributed by atoms with Gasteiger partial charge in [0, 0.05) is 10.0 Å². The van der Waals surface area contributed by atoms with E-state index in [1.807, 2.05) is 78.9 Å². The Labute approximate surface area is 194 Å². The molecule has 3 aromatic rings. The van der Waals surface area contributed by atoms with Crippen LogP contribution in [0.25, 0.3) is 0 Å². The molecule has 2 amide bonds. The molecule has 7 heteroatoms. The minimum Gasteiger partial charge on any atom is -0.496 e. The van der Waals surface area contributed by atoms with Crippen LogP contribution in [0.4, 0.5) is 5.69 Å². The van der Waals surface area contributed by atoms with Gasteiger partial charge in [-0.25, -0.2) is 5.06 Å². The maximum atomic E-state index is 13.6. The second-order valence-corrected chi connectivity index (χ2v) is 8.71. The monoisotopic (exact) mass is 492 g/mol. The van der Waals surface area contributed by atoms with E-state index in [2.05, 4.69) is 15.9 Å². The molecule has 6 nitrogen and oxygen atoms in total. The van der Waals surface area contributed by atoms with Gasteiger partial charge in [-0.05, 0) is 35.9 Å². The number of para-hydroxylation sites is 1. The first-order valence-electron chi connectivity index (χ1n) is 10.3. The van der Waals surface area contributed by atoms with Crippen LogP contribution in [0, 0.1) is 5.92 Å². The zero-order valence-electron chi connectivity index (χ0n) is 17.4. The molecule has 0 unspecified atom stereocenters. The van der Waals surface area contributed by atoms with Crippen LogP contribution in [0.5, 0.6) is 5.75 Å². The maximum absolute atomic E-state index is 13.6. The van der Waals surface area contributed by atoms with Crippen LogP contribution in [-0.2, 0) is 21.0 Å². The van der Waals surface area contributed by atoms with Crippen molar-refractivity contribution in [2.75, 3.05) is 12.2 Å². The van der Waals surface area contributed by atoms with Gasteiger partial charge in [0.25, 0.3) is 5.91 Å². The maximum Gasteiger partial charge on any atom is 0.262 e. The standard InChI is InChI=1S/C25H21BrN2O4/c1-31-20-13-12-17(26)14-19(20)22-21-23(32-28(22)18-10-6-3-7-11-18)25(30)27(24(21)29)15-16-8-4-2-5-9-16/h2-14,21-23H,15H2,1H3/t21-,22-,23-/m0/s1. The number of carbonyl (C=O) groups excluding carboxylic acids is 2. The second-order valence-electron chi connectivity index (χ2n) is 7.79. The molecule has 0 bridgehead atoms. The molecule has 0 saturated carbocycles. The zero-order valence-corrected chi connectivity index (χ0v) is 18.9. The number of methoxy groups -OCH3 is 1. The van der Waals surface area contributed by atoms with Crippen molar-refractivity contribution in [3.63, 3.8) is 0 Å². The first-order valence-corrected chi connectivity index (χ1v) is 11.1. The molecule has 0 aromatic heterocycles. The summed E-state index contributed by atoms with van der Waals surface area (Å²) >= 11 is 3.53. The van der Waals surface area contributed by atoms with Crippen molar-refractivity contribution in [2.24, 2.45) is 5.92 Å². The van der Waals surface area contributed by atoms with E-state index in [0.29, 0.717) is 5.75 Å². The first-order chi connectivity index (χ1) is 15.6. The minimum atomic E-state index is -0.889. The number of halogens is 1. The molecule has 0 spiro atoms. The molecule has 162 valence electrons. The number of hydrogen-bond donors (Lipinski definition) is 0. The third-order valence-corrected chi connectivity index (χ3v) is 6.40. The largest absolute Gasteiger partial charge is 0.496 e. The third kappa shape index (κ3) is 3.47. The number of amides is 2. The summed E-state index contributed by atoms with van der Waals surface area (Å²) in [7, 11) is 1.59. The van der Waals surface area contributed by atoms with Gasteiger partial charge in [0.05, 0.1) is 25.4 Å². The van der Waals surface area contributed by atoms with E-state index in [4.69, 9.17) is 9.57 Å². The fourth-order valence-electron chi connectivity index (χ4n) is 4.44. The Morgan fingerprint density at radius 1 is 0.938 bits per heavy atom. The van der Waals surface area contributed by atoms with Gasteiger partial charge < -0.3 is 4.74 Å². The summed E-state index contributed by atoms with van der Waals surface area (Å²) in [6.07, 6.45) is -0.889. The van der Waals surface area contributed by atoms with E-state index in [9.17, 15) is 9.59 Å². The molecule has 2 saturated heterocycles. The number of imide groups is 1. The van der Waals surface area contributed by atoms with Crippen molar-refractivity contribution in [3.8, 4) is 5.75 Å². The van der Waals surface area contributed by atoms with Gasteiger partial charge in [0.1, 0.15) is 11.7 Å². The summed E-state index contributed by atoms with van der Waals surface area (Å²) in [5.41, 5.74) is 2.44. The highest BCUT2D eigenvalue weighted by Crippen LogP contribution is 2.49. The van der Waals surface area contributed by atoms with E-state index in [1.54, 1.807) is 12.2 Å². The lowest BCUT2D eigenvalue weighted by Crippen LogP contribution is -2.37. The normalized spacial score (nSPS) is 22.4. The molecule has 0 N–H and O–H groups in total. The summed E-state index contributed by atoms with van der Waals surface area (Å²) in [6, 6.07) is 24.1. The summed E-state index contributed by atoms with van der Waals surface area (Å²) in [5.74, 6) is -0.615. The highest BCUT2D eigenvalue weighted by Gasteiger charge is 2.60. The smallest absolute Gasteiger partial charge is 0.262 e. The second kappa shape index (κ2) is 8.41. The molecule has 2 heterocycles. The highest BCUT2D eigenvalue weighted by atomic mass is 79.9. The fourth-order valence-corrected chi connectivity index (χ4v) is 4.82. The van der Waals surface area contributed by atoms with Crippen molar-refractivity contribution in [1.29, 1.82) is 0 Å².